The monoisotopic (exact) mass is 257 g/mol. The lowest BCUT2D eigenvalue weighted by Crippen LogP contribution is -2.34. The molecule has 17 heavy (non-hydrogen) atoms. The summed E-state index contributed by atoms with van der Waals surface area (Å²) in [7, 11) is 0. The van der Waals surface area contributed by atoms with Crippen LogP contribution >= 0.6 is 11.6 Å². The number of carbonyl (C=O) groups excluding carboxylic acids is 1. The van der Waals surface area contributed by atoms with Gasteiger partial charge in [0, 0.05) is 12.4 Å². The molecule has 0 aliphatic heterocycles. The number of furan rings is 1. The van der Waals surface area contributed by atoms with Gasteiger partial charge in [-0.15, -0.1) is 11.6 Å². The standard InChI is InChI=1S/C13H20ClNO2/c1-9-7-11(10(2)17-9)12(16)15-8-13(3,4)5-6-14/h7H,5-6,8H2,1-4H3,(H,15,16). The largest absolute Gasteiger partial charge is 0.466 e. The highest BCUT2D eigenvalue weighted by Gasteiger charge is 2.20. The molecule has 0 saturated heterocycles. The Balaban J connectivity index is 2.59. The summed E-state index contributed by atoms with van der Waals surface area (Å²) in [6.07, 6.45) is 0.873. The molecule has 1 aromatic heterocycles. The van der Waals surface area contributed by atoms with Gasteiger partial charge >= 0.3 is 0 Å². The minimum atomic E-state index is -0.0815. The SMILES string of the molecule is Cc1cc(C(=O)NCC(C)(C)CCCl)c(C)o1. The van der Waals surface area contributed by atoms with Gasteiger partial charge in [-0.3, -0.25) is 4.79 Å². The molecule has 0 unspecified atom stereocenters. The number of halogens is 1. The molecule has 0 radical (unpaired) electrons. The fraction of sp³-hybridized carbons (Fsp3) is 0.615. The van der Waals surface area contributed by atoms with Crippen molar-refractivity contribution in [2.75, 3.05) is 12.4 Å². The molecule has 0 saturated carbocycles. The van der Waals surface area contributed by atoms with E-state index in [0.717, 1.165) is 12.2 Å². The van der Waals surface area contributed by atoms with E-state index in [9.17, 15) is 4.79 Å². The minimum absolute atomic E-state index is 0.0180. The molecule has 1 rings (SSSR count). The molecule has 0 aliphatic carbocycles. The minimum Gasteiger partial charge on any atom is -0.466 e. The van der Waals surface area contributed by atoms with Gasteiger partial charge in [0.05, 0.1) is 5.56 Å². The van der Waals surface area contributed by atoms with Gasteiger partial charge in [0.2, 0.25) is 0 Å². The smallest absolute Gasteiger partial charge is 0.254 e. The van der Waals surface area contributed by atoms with E-state index in [2.05, 4.69) is 19.2 Å². The van der Waals surface area contributed by atoms with Gasteiger partial charge in [-0.2, -0.15) is 0 Å². The lowest BCUT2D eigenvalue weighted by molar-refractivity contribution is 0.0934. The third kappa shape index (κ3) is 4.08. The van der Waals surface area contributed by atoms with Crippen LogP contribution in [0.1, 0.15) is 42.1 Å². The molecule has 0 fully saturated rings. The maximum atomic E-state index is 11.9. The van der Waals surface area contributed by atoms with Crippen LogP contribution in [0.15, 0.2) is 10.5 Å². The van der Waals surface area contributed by atoms with Crippen molar-refractivity contribution in [2.45, 2.75) is 34.1 Å². The van der Waals surface area contributed by atoms with Crippen molar-refractivity contribution in [3.8, 4) is 0 Å². The highest BCUT2D eigenvalue weighted by molar-refractivity contribution is 6.17. The summed E-state index contributed by atoms with van der Waals surface area (Å²) in [4.78, 5) is 11.9. The molecule has 0 aliphatic rings. The van der Waals surface area contributed by atoms with Crippen LogP contribution in [0.4, 0.5) is 0 Å². The van der Waals surface area contributed by atoms with Crippen molar-refractivity contribution >= 4 is 17.5 Å². The van der Waals surface area contributed by atoms with Crippen molar-refractivity contribution in [3.63, 3.8) is 0 Å². The van der Waals surface area contributed by atoms with E-state index in [1.165, 1.54) is 0 Å². The Labute approximate surface area is 108 Å². The van der Waals surface area contributed by atoms with E-state index >= 15 is 0 Å². The first-order valence-electron chi connectivity index (χ1n) is 5.77. The highest BCUT2D eigenvalue weighted by Crippen LogP contribution is 2.20. The highest BCUT2D eigenvalue weighted by atomic mass is 35.5. The molecule has 1 amide bonds. The first-order chi connectivity index (χ1) is 7.85. The average molecular weight is 258 g/mol. The Morgan fingerprint density at radius 1 is 1.47 bits per heavy atom. The Hall–Kier alpha value is -0.960. The number of hydrogen-bond donors (Lipinski definition) is 1. The topological polar surface area (TPSA) is 42.2 Å². The van der Waals surface area contributed by atoms with Crippen LogP contribution < -0.4 is 5.32 Å². The summed E-state index contributed by atoms with van der Waals surface area (Å²) in [5.41, 5.74) is 0.633. The van der Waals surface area contributed by atoms with Crippen molar-refractivity contribution in [1.29, 1.82) is 0 Å². The summed E-state index contributed by atoms with van der Waals surface area (Å²) in [5, 5.41) is 2.92. The molecular formula is C13H20ClNO2. The van der Waals surface area contributed by atoms with Crippen molar-refractivity contribution in [2.24, 2.45) is 5.41 Å². The van der Waals surface area contributed by atoms with Gasteiger partial charge in [-0.05, 0) is 31.7 Å². The molecule has 4 heteroatoms. The van der Waals surface area contributed by atoms with Crippen molar-refractivity contribution in [1.82, 2.24) is 5.32 Å². The van der Waals surface area contributed by atoms with E-state index in [1.54, 1.807) is 13.0 Å². The van der Waals surface area contributed by atoms with Crippen LogP contribution in [0.3, 0.4) is 0 Å². The fourth-order valence-electron chi connectivity index (χ4n) is 1.62. The second kappa shape index (κ2) is 5.58. The molecule has 1 N–H and O–H groups in total. The van der Waals surface area contributed by atoms with Gasteiger partial charge in [0.15, 0.2) is 0 Å². The molecule has 0 bridgehead atoms. The van der Waals surface area contributed by atoms with Gasteiger partial charge < -0.3 is 9.73 Å². The number of carbonyl (C=O) groups is 1. The predicted octanol–water partition coefficient (Wildman–Crippen LogP) is 3.28. The first kappa shape index (κ1) is 14.1. The average Bonchev–Trinajstić information content (AvgIpc) is 2.54. The zero-order valence-electron chi connectivity index (χ0n) is 10.9. The fourth-order valence-corrected chi connectivity index (χ4v) is 2.13. The molecule has 0 aromatic carbocycles. The maximum absolute atomic E-state index is 11.9. The maximum Gasteiger partial charge on any atom is 0.254 e. The zero-order valence-corrected chi connectivity index (χ0v) is 11.6. The van der Waals surface area contributed by atoms with Crippen LogP contribution in [0, 0.1) is 19.3 Å². The molecule has 0 spiro atoms. The van der Waals surface area contributed by atoms with Gasteiger partial charge in [0.1, 0.15) is 11.5 Å². The predicted molar refractivity (Wildman–Crippen MR) is 69.6 cm³/mol. The Kier molecular flexibility index (Phi) is 4.63. The van der Waals surface area contributed by atoms with Crippen LogP contribution in [0.25, 0.3) is 0 Å². The van der Waals surface area contributed by atoms with Crippen LogP contribution in [-0.2, 0) is 0 Å². The number of amides is 1. The van der Waals surface area contributed by atoms with Crippen LogP contribution in [0.5, 0.6) is 0 Å². The Bertz CT molecular complexity index is 396. The number of aryl methyl sites for hydroxylation is 2. The zero-order chi connectivity index (χ0) is 13.1. The van der Waals surface area contributed by atoms with E-state index in [4.69, 9.17) is 16.0 Å². The lowest BCUT2D eigenvalue weighted by Gasteiger charge is -2.23. The quantitative estimate of drug-likeness (QED) is 0.823. The number of rotatable bonds is 5. The number of nitrogens with one attached hydrogen (secondary N) is 1. The van der Waals surface area contributed by atoms with Crippen molar-refractivity contribution < 1.29 is 9.21 Å². The third-order valence-corrected chi connectivity index (χ3v) is 2.97. The molecule has 1 heterocycles. The molecule has 1 aromatic rings. The van der Waals surface area contributed by atoms with E-state index < -0.39 is 0 Å². The van der Waals surface area contributed by atoms with E-state index in [-0.39, 0.29) is 11.3 Å². The lowest BCUT2D eigenvalue weighted by atomic mass is 9.90. The van der Waals surface area contributed by atoms with Gasteiger partial charge in [0.25, 0.3) is 5.91 Å². The Morgan fingerprint density at radius 2 is 2.12 bits per heavy atom. The molecular weight excluding hydrogens is 238 g/mol. The normalized spacial score (nSPS) is 11.6. The Morgan fingerprint density at radius 3 is 2.59 bits per heavy atom. The number of alkyl halides is 1. The van der Waals surface area contributed by atoms with E-state index in [0.29, 0.717) is 23.7 Å². The van der Waals surface area contributed by atoms with Crippen LogP contribution in [0.2, 0.25) is 0 Å². The summed E-state index contributed by atoms with van der Waals surface area (Å²) in [5.74, 6) is 1.94. The third-order valence-electron chi connectivity index (χ3n) is 2.78. The van der Waals surface area contributed by atoms with Gasteiger partial charge in [-0.25, -0.2) is 0 Å². The summed E-state index contributed by atoms with van der Waals surface area (Å²) >= 11 is 5.72. The van der Waals surface area contributed by atoms with Crippen LogP contribution in [-0.4, -0.2) is 18.3 Å². The van der Waals surface area contributed by atoms with Crippen molar-refractivity contribution in [3.05, 3.63) is 23.2 Å². The second-order valence-corrected chi connectivity index (χ2v) is 5.49. The van der Waals surface area contributed by atoms with Gasteiger partial charge in [-0.1, -0.05) is 13.8 Å². The second-order valence-electron chi connectivity index (χ2n) is 5.11. The summed E-state index contributed by atoms with van der Waals surface area (Å²) in [6, 6.07) is 1.76. The first-order valence-corrected chi connectivity index (χ1v) is 6.30. The number of hydrogen-bond acceptors (Lipinski definition) is 2. The summed E-state index contributed by atoms with van der Waals surface area (Å²) in [6.45, 7) is 8.42. The molecule has 3 nitrogen and oxygen atoms in total. The summed E-state index contributed by atoms with van der Waals surface area (Å²) < 4.78 is 5.33. The molecule has 96 valence electrons. The van der Waals surface area contributed by atoms with E-state index in [1.807, 2.05) is 6.92 Å². The molecule has 0 atom stereocenters.